The molecule has 0 saturated carbocycles. The molecule has 3 N–H and O–H groups in total. The highest BCUT2D eigenvalue weighted by Crippen LogP contribution is 2.22. The van der Waals surface area contributed by atoms with Crippen molar-refractivity contribution >= 4 is 23.4 Å². The van der Waals surface area contributed by atoms with E-state index in [1.54, 1.807) is 17.8 Å². The SMILES string of the molecule is CSCCOc1ccc(C(=O)O)cc1N. The second-order valence-corrected chi connectivity index (χ2v) is 3.88. The molecule has 0 aromatic heterocycles. The Hall–Kier alpha value is -1.36. The highest BCUT2D eigenvalue weighted by molar-refractivity contribution is 7.98. The molecule has 0 heterocycles. The molecule has 5 heteroatoms. The Morgan fingerprint density at radius 1 is 1.60 bits per heavy atom. The van der Waals surface area contributed by atoms with Crippen molar-refractivity contribution in [3.05, 3.63) is 23.8 Å². The van der Waals surface area contributed by atoms with Crippen LogP contribution in [0.1, 0.15) is 10.4 Å². The molecule has 82 valence electrons. The Balaban J connectivity index is 2.70. The van der Waals surface area contributed by atoms with Crippen LogP contribution < -0.4 is 10.5 Å². The van der Waals surface area contributed by atoms with Crippen LogP contribution in [0, 0.1) is 0 Å². The van der Waals surface area contributed by atoms with Gasteiger partial charge in [0.25, 0.3) is 0 Å². The Morgan fingerprint density at radius 3 is 2.87 bits per heavy atom. The van der Waals surface area contributed by atoms with Crippen molar-refractivity contribution < 1.29 is 14.6 Å². The maximum Gasteiger partial charge on any atom is 0.335 e. The minimum atomic E-state index is -0.989. The van der Waals surface area contributed by atoms with Crippen LogP contribution in [0.5, 0.6) is 5.75 Å². The molecule has 0 spiro atoms. The number of hydrogen-bond donors (Lipinski definition) is 2. The minimum Gasteiger partial charge on any atom is -0.491 e. The number of carboxylic acid groups (broad SMARTS) is 1. The fourth-order valence-corrected chi connectivity index (χ4v) is 1.30. The van der Waals surface area contributed by atoms with Crippen molar-refractivity contribution in [3.63, 3.8) is 0 Å². The van der Waals surface area contributed by atoms with E-state index in [1.165, 1.54) is 12.1 Å². The van der Waals surface area contributed by atoms with E-state index in [1.807, 2.05) is 6.26 Å². The number of hydrogen-bond acceptors (Lipinski definition) is 4. The van der Waals surface area contributed by atoms with Crippen molar-refractivity contribution in [2.45, 2.75) is 0 Å². The number of anilines is 1. The van der Waals surface area contributed by atoms with Gasteiger partial charge in [0.05, 0.1) is 17.9 Å². The fourth-order valence-electron chi connectivity index (χ4n) is 1.05. The van der Waals surface area contributed by atoms with Crippen LogP contribution in [-0.2, 0) is 0 Å². The molecule has 0 atom stereocenters. The van der Waals surface area contributed by atoms with Gasteiger partial charge in [0.15, 0.2) is 0 Å². The zero-order valence-corrected chi connectivity index (χ0v) is 9.21. The molecule has 4 nitrogen and oxygen atoms in total. The summed E-state index contributed by atoms with van der Waals surface area (Å²) in [5.74, 6) is 0.423. The second kappa shape index (κ2) is 5.50. The summed E-state index contributed by atoms with van der Waals surface area (Å²) in [5.41, 5.74) is 6.17. The van der Waals surface area contributed by atoms with E-state index in [-0.39, 0.29) is 5.56 Å². The minimum absolute atomic E-state index is 0.171. The molecule has 15 heavy (non-hydrogen) atoms. The van der Waals surface area contributed by atoms with Crippen LogP contribution in [0.2, 0.25) is 0 Å². The molecule has 1 rings (SSSR count). The monoisotopic (exact) mass is 227 g/mol. The summed E-state index contributed by atoms with van der Waals surface area (Å²) >= 11 is 1.67. The third-order valence-electron chi connectivity index (χ3n) is 1.80. The average molecular weight is 227 g/mol. The van der Waals surface area contributed by atoms with Crippen LogP contribution in [-0.4, -0.2) is 29.7 Å². The first kappa shape index (κ1) is 11.7. The fraction of sp³-hybridized carbons (Fsp3) is 0.300. The summed E-state index contributed by atoms with van der Waals surface area (Å²) in [6.45, 7) is 0.567. The lowest BCUT2D eigenvalue weighted by atomic mass is 10.2. The van der Waals surface area contributed by atoms with Gasteiger partial charge in [0, 0.05) is 5.75 Å². The van der Waals surface area contributed by atoms with Gasteiger partial charge < -0.3 is 15.6 Å². The van der Waals surface area contributed by atoms with Crippen molar-refractivity contribution in [2.24, 2.45) is 0 Å². The van der Waals surface area contributed by atoms with Gasteiger partial charge >= 0.3 is 5.97 Å². The van der Waals surface area contributed by atoms with E-state index in [0.29, 0.717) is 18.0 Å². The average Bonchev–Trinajstić information content (AvgIpc) is 2.20. The summed E-state index contributed by atoms with van der Waals surface area (Å²) in [7, 11) is 0. The molecule has 0 bridgehead atoms. The number of thioether (sulfide) groups is 1. The number of ether oxygens (including phenoxy) is 1. The molecule has 0 aliphatic rings. The number of rotatable bonds is 5. The molecular formula is C10H13NO3S. The Kier molecular flexibility index (Phi) is 4.30. The molecule has 0 amide bonds. The Bertz CT molecular complexity index is 355. The predicted molar refractivity (Wildman–Crippen MR) is 61.7 cm³/mol. The Labute approximate surface area is 92.4 Å². The lowest BCUT2D eigenvalue weighted by Crippen LogP contribution is -2.04. The topological polar surface area (TPSA) is 72.5 Å². The van der Waals surface area contributed by atoms with Gasteiger partial charge in [-0.3, -0.25) is 0 Å². The highest BCUT2D eigenvalue weighted by atomic mass is 32.2. The number of aromatic carboxylic acids is 1. The number of benzene rings is 1. The van der Waals surface area contributed by atoms with Gasteiger partial charge in [0.1, 0.15) is 5.75 Å². The lowest BCUT2D eigenvalue weighted by Gasteiger charge is -2.08. The summed E-state index contributed by atoms with van der Waals surface area (Å²) < 4.78 is 5.37. The van der Waals surface area contributed by atoms with Crippen LogP contribution in [0.15, 0.2) is 18.2 Å². The third kappa shape index (κ3) is 3.36. The quantitative estimate of drug-likeness (QED) is 0.591. The van der Waals surface area contributed by atoms with Gasteiger partial charge in [-0.25, -0.2) is 4.79 Å². The number of carbonyl (C=O) groups is 1. The number of nitrogen functional groups attached to an aromatic ring is 1. The van der Waals surface area contributed by atoms with Gasteiger partial charge in [-0.05, 0) is 24.5 Å². The standard InChI is InChI=1S/C10H13NO3S/c1-15-5-4-14-9-3-2-7(10(12)13)6-8(9)11/h2-3,6H,4-5,11H2,1H3,(H,12,13). The first-order valence-electron chi connectivity index (χ1n) is 4.39. The van der Waals surface area contributed by atoms with E-state index in [2.05, 4.69) is 0 Å². The molecule has 0 aliphatic carbocycles. The Morgan fingerprint density at radius 2 is 2.33 bits per heavy atom. The van der Waals surface area contributed by atoms with Crippen LogP contribution in [0.25, 0.3) is 0 Å². The first-order chi connectivity index (χ1) is 7.15. The first-order valence-corrected chi connectivity index (χ1v) is 5.79. The van der Waals surface area contributed by atoms with Crippen LogP contribution in [0.4, 0.5) is 5.69 Å². The van der Waals surface area contributed by atoms with Gasteiger partial charge in [-0.15, -0.1) is 0 Å². The lowest BCUT2D eigenvalue weighted by molar-refractivity contribution is 0.0697. The summed E-state index contributed by atoms with van der Waals surface area (Å²) in [6.07, 6.45) is 1.99. The molecule has 1 aromatic rings. The summed E-state index contributed by atoms with van der Waals surface area (Å²) in [4.78, 5) is 10.6. The van der Waals surface area contributed by atoms with Crippen molar-refractivity contribution in [3.8, 4) is 5.75 Å². The van der Waals surface area contributed by atoms with Gasteiger partial charge in [-0.1, -0.05) is 0 Å². The zero-order chi connectivity index (χ0) is 11.3. The molecule has 0 aliphatic heterocycles. The van der Waals surface area contributed by atoms with Crippen molar-refractivity contribution in [2.75, 3.05) is 24.3 Å². The third-order valence-corrected chi connectivity index (χ3v) is 2.38. The van der Waals surface area contributed by atoms with Crippen molar-refractivity contribution in [1.82, 2.24) is 0 Å². The van der Waals surface area contributed by atoms with E-state index >= 15 is 0 Å². The summed E-state index contributed by atoms with van der Waals surface area (Å²) in [5, 5.41) is 8.71. The predicted octanol–water partition coefficient (Wildman–Crippen LogP) is 1.71. The van der Waals surface area contributed by atoms with Crippen molar-refractivity contribution in [1.29, 1.82) is 0 Å². The zero-order valence-electron chi connectivity index (χ0n) is 8.40. The van der Waals surface area contributed by atoms with E-state index < -0.39 is 5.97 Å². The maximum atomic E-state index is 10.6. The molecular weight excluding hydrogens is 214 g/mol. The molecule has 1 aromatic carbocycles. The van der Waals surface area contributed by atoms with Gasteiger partial charge in [-0.2, -0.15) is 11.8 Å². The van der Waals surface area contributed by atoms with E-state index in [9.17, 15) is 4.79 Å². The normalized spacial score (nSPS) is 9.93. The molecule has 0 fully saturated rings. The molecule has 0 unspecified atom stereocenters. The summed E-state index contributed by atoms with van der Waals surface area (Å²) in [6, 6.07) is 4.46. The molecule has 0 saturated heterocycles. The maximum absolute atomic E-state index is 10.6. The van der Waals surface area contributed by atoms with Crippen LogP contribution in [0.3, 0.4) is 0 Å². The smallest absolute Gasteiger partial charge is 0.335 e. The van der Waals surface area contributed by atoms with Gasteiger partial charge in [0.2, 0.25) is 0 Å². The van der Waals surface area contributed by atoms with Crippen LogP contribution >= 0.6 is 11.8 Å². The molecule has 0 radical (unpaired) electrons. The largest absolute Gasteiger partial charge is 0.491 e. The number of carboxylic acids is 1. The second-order valence-electron chi connectivity index (χ2n) is 2.90. The van der Waals surface area contributed by atoms with E-state index in [4.69, 9.17) is 15.6 Å². The number of nitrogens with two attached hydrogens (primary N) is 1. The van der Waals surface area contributed by atoms with E-state index in [0.717, 1.165) is 5.75 Å². The highest BCUT2D eigenvalue weighted by Gasteiger charge is 2.06.